The van der Waals surface area contributed by atoms with E-state index in [0.717, 1.165) is 6.42 Å². The highest BCUT2D eigenvalue weighted by Gasteiger charge is 2.51. The zero-order chi connectivity index (χ0) is 56.5. The Balaban J connectivity index is 1.18. The molecule has 0 amide bonds. The number of rotatable bonds is 3. The summed E-state index contributed by atoms with van der Waals surface area (Å²) in [6.07, 6.45) is 9.49. The molecule has 2 aliphatic heterocycles. The molecule has 410 valence electrons. The average Bonchev–Trinajstić information content (AvgIpc) is 2.92. The molecule has 7 aromatic rings. The monoisotopic (exact) mass is 1060 g/mol. The summed E-state index contributed by atoms with van der Waals surface area (Å²) in [5.41, 5.74) is 29.0. The van der Waals surface area contributed by atoms with E-state index in [2.05, 4.69) is 251 Å². The Hall–Kier alpha value is -5.06. The third-order valence-electron chi connectivity index (χ3n) is 22.1. The van der Waals surface area contributed by atoms with Gasteiger partial charge in [-0.3, -0.25) is 0 Å². The van der Waals surface area contributed by atoms with Crippen LogP contribution in [0, 0.1) is 6.92 Å². The van der Waals surface area contributed by atoms with Crippen molar-refractivity contribution < 1.29 is 0 Å². The van der Waals surface area contributed by atoms with E-state index in [1.807, 2.05) is 0 Å². The third-order valence-corrected chi connectivity index (χ3v) is 23.3. The fraction of sp³-hybridized carbons (Fsp3) is 0.493. The highest BCUT2D eigenvalue weighted by atomic mass is 32.1. The van der Waals surface area contributed by atoms with E-state index in [1.165, 1.54) is 166 Å². The van der Waals surface area contributed by atoms with Gasteiger partial charge in [0.25, 0.3) is 6.71 Å². The summed E-state index contributed by atoms with van der Waals surface area (Å²) in [6.45, 7) is 49.6. The van der Waals surface area contributed by atoms with Crippen molar-refractivity contribution in [2.24, 2.45) is 0 Å². The summed E-state index contributed by atoms with van der Waals surface area (Å²) in [6, 6.07) is 38.7. The van der Waals surface area contributed by atoms with Crippen LogP contribution in [-0.2, 0) is 48.7 Å². The lowest BCUT2D eigenvalue weighted by atomic mass is 9.35. The number of anilines is 6. The lowest BCUT2D eigenvalue weighted by Crippen LogP contribution is -2.61. The second-order valence-corrected chi connectivity index (χ2v) is 33.6. The summed E-state index contributed by atoms with van der Waals surface area (Å²) >= 11 is 2.10. The minimum absolute atomic E-state index is 0.0314. The second kappa shape index (κ2) is 16.6. The first-order valence-electron chi connectivity index (χ1n) is 30.6. The van der Waals surface area contributed by atoms with Crippen LogP contribution < -0.4 is 25.5 Å². The Morgan fingerprint density at radius 2 is 0.911 bits per heavy atom. The van der Waals surface area contributed by atoms with Crippen LogP contribution in [0.25, 0.3) is 21.2 Å². The highest BCUT2D eigenvalue weighted by Crippen LogP contribution is 2.58. The highest BCUT2D eigenvalue weighted by molar-refractivity contribution is 7.33. The van der Waals surface area contributed by atoms with Crippen molar-refractivity contribution in [1.82, 2.24) is 0 Å². The molecular formula is C75H91BN2S. The number of thiophene rings is 1. The van der Waals surface area contributed by atoms with E-state index in [-0.39, 0.29) is 55.4 Å². The predicted molar refractivity (Wildman–Crippen MR) is 346 cm³/mol. The van der Waals surface area contributed by atoms with Crippen LogP contribution >= 0.6 is 11.3 Å². The summed E-state index contributed by atoms with van der Waals surface area (Å²) in [7, 11) is 0. The van der Waals surface area contributed by atoms with Gasteiger partial charge in [0.05, 0.1) is 11.4 Å². The number of nitrogens with zero attached hydrogens (tertiary/aromatic N) is 2. The smallest absolute Gasteiger partial charge is 0.264 e. The molecule has 1 aromatic heterocycles. The van der Waals surface area contributed by atoms with Gasteiger partial charge in [-0.1, -0.05) is 174 Å². The van der Waals surface area contributed by atoms with Crippen LogP contribution in [0.15, 0.2) is 91.0 Å². The Kier molecular flexibility index (Phi) is 11.2. The largest absolute Gasteiger partial charge is 0.311 e. The number of fused-ring (bicyclic) bond motifs is 11. The first kappa shape index (κ1) is 53.3. The lowest BCUT2D eigenvalue weighted by Gasteiger charge is -2.49. The number of hydrogen-bond acceptors (Lipinski definition) is 3. The Bertz CT molecular complexity index is 3760. The van der Waals surface area contributed by atoms with Gasteiger partial charge in [0, 0.05) is 43.2 Å². The van der Waals surface area contributed by atoms with Gasteiger partial charge in [-0.25, -0.2) is 0 Å². The first-order valence-corrected chi connectivity index (χ1v) is 31.4. The van der Waals surface area contributed by atoms with Gasteiger partial charge in [0.2, 0.25) is 0 Å². The molecule has 2 nitrogen and oxygen atoms in total. The van der Waals surface area contributed by atoms with Crippen LogP contribution in [0.4, 0.5) is 34.1 Å². The van der Waals surface area contributed by atoms with Crippen molar-refractivity contribution in [2.45, 2.75) is 239 Å². The Labute approximate surface area is 481 Å². The first-order chi connectivity index (χ1) is 36.6. The third kappa shape index (κ3) is 7.80. The van der Waals surface area contributed by atoms with E-state index in [0.29, 0.717) is 0 Å². The second-order valence-electron chi connectivity index (χ2n) is 32.5. The van der Waals surface area contributed by atoms with Gasteiger partial charge in [-0.05, 0) is 228 Å². The topological polar surface area (TPSA) is 6.48 Å². The summed E-state index contributed by atoms with van der Waals surface area (Å²) in [5, 5.41) is 1.40. The molecular weight excluding hydrogens is 972 g/mol. The van der Waals surface area contributed by atoms with E-state index in [9.17, 15) is 0 Å². The van der Waals surface area contributed by atoms with Gasteiger partial charge >= 0.3 is 0 Å². The SMILES string of the molecule is Cc1cc2c3c(c1)N(c1ccc(C(C)(C)C)cc1-c1ccc4c(c1)C(C)(C)CCC4(C)C)c1c(sc4cc5c(cc14)C(C)(C)CCC5(C)C)B3c1ccc3c(c1N2c1ccc2c(c1)C(C)(C)CCC2(C)C)C(C)(C)CCC3(C)C. The number of benzene rings is 6. The van der Waals surface area contributed by atoms with Crippen molar-refractivity contribution in [2.75, 3.05) is 9.80 Å². The normalized spacial score (nSPS) is 21.7. The number of hydrogen-bond donors (Lipinski definition) is 0. The molecule has 0 saturated heterocycles. The van der Waals surface area contributed by atoms with Crippen LogP contribution in [0.1, 0.15) is 239 Å². The van der Waals surface area contributed by atoms with Gasteiger partial charge in [0.15, 0.2) is 0 Å². The molecule has 0 radical (unpaired) electrons. The minimum atomic E-state index is -0.0414. The lowest BCUT2D eigenvalue weighted by molar-refractivity contribution is 0.331. The molecule has 0 atom stereocenters. The number of aryl methyl sites for hydroxylation is 1. The van der Waals surface area contributed by atoms with Crippen molar-refractivity contribution >= 4 is 78.0 Å². The molecule has 0 bridgehead atoms. The predicted octanol–water partition coefficient (Wildman–Crippen LogP) is 19.7. The fourth-order valence-electron chi connectivity index (χ4n) is 16.3. The Morgan fingerprint density at radius 1 is 0.430 bits per heavy atom. The van der Waals surface area contributed by atoms with Gasteiger partial charge in [-0.2, -0.15) is 0 Å². The standard InChI is InChI=1S/C75H91BN2S/c1-44-37-59-63-60(38-44)78(58-28-22-46(67(2,3)4)40-48(58)45-21-24-50-53(39-45)71(11,12)31-29-68(50,5)6)64-49-42-55-56(74(17,18)34-33-73(55,15)16)43-61(49)79-66(64)76(63)57-27-26-52-62(75(19,20)36-35-70(52,9)10)65(57)77(59)47-23-25-51-54(41-47)72(13,14)32-30-69(51,7)8/h21-28,37-43H,29-36H2,1-20H3. The molecule has 0 N–H and O–H groups in total. The molecule has 0 unspecified atom stereocenters. The van der Waals surface area contributed by atoms with Crippen molar-refractivity contribution in [3.63, 3.8) is 0 Å². The fourth-order valence-corrected chi connectivity index (χ4v) is 17.7. The maximum atomic E-state index is 2.81. The van der Waals surface area contributed by atoms with Crippen LogP contribution in [0.3, 0.4) is 0 Å². The molecule has 0 saturated carbocycles. The van der Waals surface area contributed by atoms with Gasteiger partial charge in [0.1, 0.15) is 0 Å². The minimum Gasteiger partial charge on any atom is -0.311 e. The van der Waals surface area contributed by atoms with Crippen molar-refractivity contribution in [3.8, 4) is 11.1 Å². The molecule has 0 spiro atoms. The maximum Gasteiger partial charge on any atom is 0.264 e. The molecule has 6 aliphatic rings. The van der Waals surface area contributed by atoms with E-state index in [1.54, 1.807) is 5.56 Å². The van der Waals surface area contributed by atoms with Crippen LogP contribution in [-0.4, -0.2) is 6.71 Å². The van der Waals surface area contributed by atoms with Crippen LogP contribution in [0.5, 0.6) is 0 Å². The molecule has 4 heteroatoms. The molecule has 4 aliphatic carbocycles. The maximum absolute atomic E-state index is 2.81. The molecule has 3 heterocycles. The average molecular weight is 1060 g/mol. The quantitative estimate of drug-likeness (QED) is 0.163. The van der Waals surface area contributed by atoms with Crippen molar-refractivity contribution in [3.05, 3.63) is 147 Å². The molecule has 79 heavy (non-hydrogen) atoms. The van der Waals surface area contributed by atoms with E-state index in [4.69, 9.17) is 0 Å². The molecule has 6 aromatic carbocycles. The zero-order valence-electron chi connectivity index (χ0n) is 52.2. The molecule has 0 fully saturated rings. The van der Waals surface area contributed by atoms with Gasteiger partial charge in [-0.15, -0.1) is 11.3 Å². The van der Waals surface area contributed by atoms with E-state index < -0.39 is 0 Å². The summed E-state index contributed by atoms with van der Waals surface area (Å²) in [5.74, 6) is 0. The van der Waals surface area contributed by atoms with Crippen LogP contribution in [0.2, 0.25) is 0 Å². The van der Waals surface area contributed by atoms with Gasteiger partial charge < -0.3 is 9.80 Å². The van der Waals surface area contributed by atoms with E-state index >= 15 is 0 Å². The summed E-state index contributed by atoms with van der Waals surface area (Å²) < 4.78 is 2.89. The zero-order valence-corrected chi connectivity index (χ0v) is 53.0. The van der Waals surface area contributed by atoms with Crippen molar-refractivity contribution in [1.29, 1.82) is 0 Å². The Morgan fingerprint density at radius 3 is 1.49 bits per heavy atom. The summed E-state index contributed by atoms with van der Waals surface area (Å²) in [4.78, 5) is 5.63. The molecule has 13 rings (SSSR count).